The van der Waals surface area contributed by atoms with E-state index in [-0.39, 0.29) is 17.7 Å². The summed E-state index contributed by atoms with van der Waals surface area (Å²) in [4.78, 5) is 28.1. The van der Waals surface area contributed by atoms with Gasteiger partial charge in [0.05, 0.1) is 6.04 Å². The molecule has 1 aromatic heterocycles. The number of aryl methyl sites for hydroxylation is 1. The van der Waals surface area contributed by atoms with Crippen LogP contribution in [0.25, 0.3) is 0 Å². The van der Waals surface area contributed by atoms with Crippen LogP contribution in [0.15, 0.2) is 16.9 Å². The lowest BCUT2D eigenvalue weighted by Crippen LogP contribution is -2.36. The fraction of sp³-hybridized carbons (Fsp3) is 0.600. The Balaban J connectivity index is 2.23. The number of hydrogen-bond donors (Lipinski definition) is 1. The number of hydrogen-bond acceptors (Lipinski definition) is 3. The molecule has 0 aliphatic carbocycles. The summed E-state index contributed by atoms with van der Waals surface area (Å²) in [7, 11) is 0. The molecule has 5 heteroatoms. The van der Waals surface area contributed by atoms with Crippen molar-refractivity contribution in [1.29, 1.82) is 0 Å². The lowest BCUT2D eigenvalue weighted by atomic mass is 10.0. The standard InChI is InChI=1S/C15H22N2O3/c1-10-11(7-8-13(18)16-10)12-6-5-9-17(12)14(19)20-15(2,3)4/h7-8,12H,5-6,9H2,1-4H3,(H,16,18)/t12-/m0/s1. The topological polar surface area (TPSA) is 62.4 Å². The first kappa shape index (κ1) is 14.6. The summed E-state index contributed by atoms with van der Waals surface area (Å²) in [5.41, 5.74) is 1.20. The number of aromatic nitrogens is 1. The molecule has 0 bridgehead atoms. The minimum absolute atomic E-state index is 0.0123. The van der Waals surface area contributed by atoms with Crippen LogP contribution in [0.5, 0.6) is 0 Å². The minimum Gasteiger partial charge on any atom is -0.444 e. The average molecular weight is 278 g/mol. The lowest BCUT2D eigenvalue weighted by Gasteiger charge is -2.29. The molecular weight excluding hydrogens is 256 g/mol. The minimum atomic E-state index is -0.496. The summed E-state index contributed by atoms with van der Waals surface area (Å²) >= 11 is 0. The van der Waals surface area contributed by atoms with Gasteiger partial charge in [0.25, 0.3) is 0 Å². The van der Waals surface area contributed by atoms with Crippen molar-refractivity contribution in [2.75, 3.05) is 6.54 Å². The summed E-state index contributed by atoms with van der Waals surface area (Å²) in [6, 6.07) is 3.30. The predicted octanol–water partition coefficient (Wildman–Crippen LogP) is 2.76. The Morgan fingerprint density at radius 1 is 1.40 bits per heavy atom. The number of aromatic amines is 1. The van der Waals surface area contributed by atoms with Crippen molar-refractivity contribution in [2.24, 2.45) is 0 Å². The number of pyridine rings is 1. The summed E-state index contributed by atoms with van der Waals surface area (Å²) in [5.74, 6) is 0. The molecule has 1 aromatic rings. The van der Waals surface area contributed by atoms with Crippen LogP contribution in [0, 0.1) is 6.92 Å². The van der Waals surface area contributed by atoms with Gasteiger partial charge in [-0.25, -0.2) is 4.79 Å². The van der Waals surface area contributed by atoms with Crippen LogP contribution < -0.4 is 5.56 Å². The first-order chi connectivity index (χ1) is 9.28. The SMILES string of the molecule is Cc1[nH]c(=O)ccc1[C@@H]1CCCN1C(=O)OC(C)(C)C. The van der Waals surface area contributed by atoms with Gasteiger partial charge in [-0.2, -0.15) is 0 Å². The molecule has 1 N–H and O–H groups in total. The van der Waals surface area contributed by atoms with Gasteiger partial charge in [0, 0.05) is 18.3 Å². The Morgan fingerprint density at radius 3 is 2.70 bits per heavy atom. The quantitative estimate of drug-likeness (QED) is 0.859. The molecule has 0 aromatic carbocycles. The van der Waals surface area contributed by atoms with Crippen LogP contribution >= 0.6 is 0 Å². The van der Waals surface area contributed by atoms with Crippen molar-refractivity contribution >= 4 is 6.09 Å². The van der Waals surface area contributed by atoms with E-state index in [1.54, 1.807) is 4.90 Å². The van der Waals surface area contributed by atoms with Gasteiger partial charge in [0.2, 0.25) is 5.56 Å². The highest BCUT2D eigenvalue weighted by molar-refractivity contribution is 5.69. The van der Waals surface area contributed by atoms with Gasteiger partial charge in [-0.1, -0.05) is 0 Å². The smallest absolute Gasteiger partial charge is 0.410 e. The van der Waals surface area contributed by atoms with Crippen LogP contribution in [-0.2, 0) is 4.74 Å². The van der Waals surface area contributed by atoms with E-state index in [1.165, 1.54) is 6.07 Å². The summed E-state index contributed by atoms with van der Waals surface area (Å²) in [6.45, 7) is 8.14. The van der Waals surface area contributed by atoms with Crippen LogP contribution in [0.1, 0.15) is 50.9 Å². The van der Waals surface area contributed by atoms with Crippen LogP contribution in [0.2, 0.25) is 0 Å². The van der Waals surface area contributed by atoms with E-state index in [9.17, 15) is 9.59 Å². The fourth-order valence-corrected chi connectivity index (χ4v) is 2.58. The van der Waals surface area contributed by atoms with Gasteiger partial charge in [-0.15, -0.1) is 0 Å². The van der Waals surface area contributed by atoms with Crippen molar-refractivity contribution in [3.63, 3.8) is 0 Å². The number of rotatable bonds is 1. The molecule has 1 atom stereocenters. The Kier molecular flexibility index (Phi) is 3.88. The highest BCUT2D eigenvalue weighted by Gasteiger charge is 2.33. The van der Waals surface area contributed by atoms with E-state index in [2.05, 4.69) is 4.98 Å². The number of ether oxygens (including phenoxy) is 1. The summed E-state index contributed by atoms with van der Waals surface area (Å²) in [5, 5.41) is 0. The summed E-state index contributed by atoms with van der Waals surface area (Å²) in [6.07, 6.45) is 1.56. The van der Waals surface area contributed by atoms with Crippen molar-refractivity contribution in [3.8, 4) is 0 Å². The van der Waals surface area contributed by atoms with Crippen molar-refractivity contribution in [2.45, 2.75) is 52.2 Å². The van der Waals surface area contributed by atoms with Crippen LogP contribution in [0.4, 0.5) is 4.79 Å². The maximum atomic E-state index is 12.3. The Hall–Kier alpha value is -1.78. The number of amides is 1. The molecule has 0 spiro atoms. The fourth-order valence-electron chi connectivity index (χ4n) is 2.58. The molecule has 1 fully saturated rings. The molecule has 20 heavy (non-hydrogen) atoms. The zero-order valence-corrected chi connectivity index (χ0v) is 12.5. The predicted molar refractivity (Wildman–Crippen MR) is 76.7 cm³/mol. The molecule has 2 rings (SSSR count). The third kappa shape index (κ3) is 3.21. The number of carbonyl (C=O) groups is 1. The van der Waals surface area contributed by atoms with Crippen LogP contribution in [-0.4, -0.2) is 28.1 Å². The average Bonchev–Trinajstić information content (AvgIpc) is 2.75. The van der Waals surface area contributed by atoms with Crippen LogP contribution in [0.3, 0.4) is 0 Å². The lowest BCUT2D eigenvalue weighted by molar-refractivity contribution is 0.0224. The number of H-pyrrole nitrogens is 1. The van der Waals surface area contributed by atoms with Gasteiger partial charge >= 0.3 is 6.09 Å². The molecule has 0 unspecified atom stereocenters. The molecule has 1 saturated heterocycles. The number of likely N-dealkylation sites (tertiary alicyclic amines) is 1. The molecule has 0 saturated carbocycles. The molecule has 1 aliphatic rings. The second-order valence-corrected chi connectivity index (χ2v) is 6.23. The van der Waals surface area contributed by atoms with E-state index in [1.807, 2.05) is 33.8 Å². The number of nitrogens with one attached hydrogen (secondary N) is 1. The van der Waals surface area contributed by atoms with E-state index in [0.29, 0.717) is 6.54 Å². The maximum absolute atomic E-state index is 12.3. The highest BCUT2D eigenvalue weighted by atomic mass is 16.6. The first-order valence-electron chi connectivity index (χ1n) is 6.97. The van der Waals surface area contributed by atoms with Gasteiger partial charge in [-0.3, -0.25) is 4.79 Å². The number of carbonyl (C=O) groups excluding carboxylic acids is 1. The van der Waals surface area contributed by atoms with Crippen molar-refractivity contribution < 1.29 is 9.53 Å². The zero-order valence-electron chi connectivity index (χ0n) is 12.5. The molecule has 0 radical (unpaired) electrons. The summed E-state index contributed by atoms with van der Waals surface area (Å²) < 4.78 is 5.45. The molecule has 110 valence electrons. The van der Waals surface area contributed by atoms with E-state index < -0.39 is 5.60 Å². The van der Waals surface area contributed by atoms with E-state index in [4.69, 9.17) is 4.74 Å². The number of nitrogens with zero attached hydrogens (tertiary/aromatic N) is 1. The van der Waals surface area contributed by atoms with Gasteiger partial charge < -0.3 is 14.6 Å². The third-order valence-corrected chi connectivity index (χ3v) is 3.40. The second-order valence-electron chi connectivity index (χ2n) is 6.23. The van der Waals surface area contributed by atoms with Gasteiger partial charge in [0.15, 0.2) is 0 Å². The first-order valence-corrected chi connectivity index (χ1v) is 6.97. The molecular formula is C15H22N2O3. The Bertz CT molecular complexity index is 557. The molecule has 2 heterocycles. The van der Waals surface area contributed by atoms with Gasteiger partial charge in [0.1, 0.15) is 5.60 Å². The van der Waals surface area contributed by atoms with Crippen molar-refractivity contribution in [3.05, 3.63) is 33.7 Å². The van der Waals surface area contributed by atoms with Crippen molar-refractivity contribution in [1.82, 2.24) is 9.88 Å². The zero-order chi connectivity index (χ0) is 14.9. The third-order valence-electron chi connectivity index (χ3n) is 3.40. The Labute approximate surface area is 118 Å². The molecule has 1 aliphatic heterocycles. The maximum Gasteiger partial charge on any atom is 0.410 e. The normalized spacial score (nSPS) is 19.2. The second kappa shape index (κ2) is 5.31. The molecule has 5 nitrogen and oxygen atoms in total. The highest BCUT2D eigenvalue weighted by Crippen LogP contribution is 2.33. The van der Waals surface area contributed by atoms with Gasteiger partial charge in [-0.05, 0) is 52.2 Å². The molecule has 1 amide bonds. The largest absolute Gasteiger partial charge is 0.444 e. The van der Waals surface area contributed by atoms with E-state index >= 15 is 0 Å². The van der Waals surface area contributed by atoms with E-state index in [0.717, 1.165) is 24.1 Å². The Morgan fingerprint density at radius 2 is 2.10 bits per heavy atom. The monoisotopic (exact) mass is 278 g/mol.